The molecule has 0 heterocycles. The Morgan fingerprint density at radius 1 is 1.23 bits per heavy atom. The van der Waals surface area contributed by atoms with E-state index in [-0.39, 0.29) is 16.7 Å². The highest BCUT2D eigenvalue weighted by atomic mass is 19.1. The van der Waals surface area contributed by atoms with Gasteiger partial charge >= 0.3 is 0 Å². The van der Waals surface area contributed by atoms with Crippen LogP contribution in [0.1, 0.15) is 72.1 Å². The molecule has 26 heavy (non-hydrogen) atoms. The molecule has 3 saturated carbocycles. The molecule has 0 amide bonds. The monoisotopic (exact) mass is 360 g/mol. The van der Waals surface area contributed by atoms with E-state index >= 15 is 0 Å². The molecule has 1 N–H and O–H groups in total. The van der Waals surface area contributed by atoms with E-state index in [1.165, 1.54) is 5.57 Å². The smallest absolute Gasteiger partial charge is 0.155 e. The molecule has 0 aromatic carbocycles. The summed E-state index contributed by atoms with van der Waals surface area (Å²) in [7, 11) is 0. The largest absolute Gasteiger partial charge is 0.389 e. The molecule has 2 nitrogen and oxygen atoms in total. The van der Waals surface area contributed by atoms with Crippen LogP contribution in [-0.2, 0) is 4.79 Å². The van der Waals surface area contributed by atoms with Gasteiger partial charge in [-0.1, -0.05) is 32.8 Å². The van der Waals surface area contributed by atoms with E-state index in [2.05, 4.69) is 20.8 Å². The van der Waals surface area contributed by atoms with Crippen molar-refractivity contribution in [1.29, 1.82) is 0 Å². The summed E-state index contributed by atoms with van der Waals surface area (Å²) in [6, 6.07) is 0. The number of allylic oxidation sites excluding steroid dienone is 2. The van der Waals surface area contributed by atoms with E-state index in [9.17, 15) is 14.3 Å². The van der Waals surface area contributed by atoms with Crippen molar-refractivity contribution >= 4 is 5.78 Å². The molecular weight excluding hydrogens is 327 g/mol. The predicted octanol–water partition coefficient (Wildman–Crippen LogP) is 5.37. The fourth-order valence-corrected chi connectivity index (χ4v) is 7.69. The third kappa shape index (κ3) is 2.35. The molecule has 0 saturated heterocycles. The third-order valence-corrected chi connectivity index (χ3v) is 9.02. The van der Waals surface area contributed by atoms with Gasteiger partial charge < -0.3 is 5.11 Å². The second kappa shape index (κ2) is 6.29. The van der Waals surface area contributed by atoms with Crippen LogP contribution in [0, 0.1) is 34.5 Å². The normalized spacial score (nSPS) is 47.0. The molecule has 0 aromatic rings. The zero-order valence-electron chi connectivity index (χ0n) is 16.5. The summed E-state index contributed by atoms with van der Waals surface area (Å²) in [5.74, 6) is 2.28. The van der Waals surface area contributed by atoms with Crippen LogP contribution in [0.5, 0.6) is 0 Å². The number of hydrogen-bond acceptors (Lipinski definition) is 2. The van der Waals surface area contributed by atoms with Crippen LogP contribution < -0.4 is 0 Å². The molecule has 0 bridgehead atoms. The van der Waals surface area contributed by atoms with Gasteiger partial charge in [-0.25, -0.2) is 4.39 Å². The van der Waals surface area contributed by atoms with Gasteiger partial charge in [-0.15, -0.1) is 0 Å². The zero-order valence-corrected chi connectivity index (χ0v) is 16.5. The molecule has 0 unspecified atom stereocenters. The van der Waals surface area contributed by atoms with Gasteiger partial charge in [0.1, 0.15) is 5.83 Å². The summed E-state index contributed by atoms with van der Waals surface area (Å²) in [5.41, 5.74) is 2.38. The quantitative estimate of drug-likeness (QED) is 0.719. The fraction of sp³-hybridized carbons (Fsp3) is 0.783. The molecule has 0 aromatic heterocycles. The van der Waals surface area contributed by atoms with Crippen LogP contribution in [0.15, 0.2) is 23.0 Å². The van der Waals surface area contributed by atoms with Crippen molar-refractivity contribution in [3.63, 3.8) is 0 Å². The summed E-state index contributed by atoms with van der Waals surface area (Å²) in [4.78, 5) is 12.2. The Bertz CT molecular complexity index is 678. The number of carbonyl (C=O) groups excluding carboxylic acids is 1. The standard InChI is InChI=1S/C23H33FO2/c1-4-14-11-16(26)12-15-5-6-17-18-7-8-20(21(24)13-25)22(18,2)10-9-19(17)23(14,15)3/h12,14,17-19,25H,4-11,13H2,1-3H3/t14-,17-,18-,19-,22-,23-/m0/s1. The summed E-state index contributed by atoms with van der Waals surface area (Å²) in [5, 5.41) is 9.35. The Kier molecular flexibility index (Phi) is 4.45. The Labute approximate surface area is 156 Å². The number of carbonyl (C=O) groups is 1. The zero-order chi connectivity index (χ0) is 18.7. The van der Waals surface area contributed by atoms with Crippen molar-refractivity contribution in [1.82, 2.24) is 0 Å². The SMILES string of the molecule is CC[C@H]1CC(=O)C=C2CC[C@@H]3[C@H](CC[C@]4(C)C(=C(F)CO)CC[C@@H]34)[C@]21C. The number of hydrogen-bond donors (Lipinski definition) is 1. The Balaban J connectivity index is 1.72. The molecule has 0 radical (unpaired) electrons. The van der Waals surface area contributed by atoms with E-state index in [0.717, 1.165) is 50.5 Å². The van der Waals surface area contributed by atoms with E-state index in [1.807, 2.05) is 6.08 Å². The first-order valence-corrected chi connectivity index (χ1v) is 10.6. The van der Waals surface area contributed by atoms with Crippen molar-refractivity contribution < 1.29 is 14.3 Å². The van der Waals surface area contributed by atoms with Crippen molar-refractivity contribution in [2.45, 2.75) is 72.1 Å². The van der Waals surface area contributed by atoms with E-state index < -0.39 is 6.61 Å². The van der Waals surface area contributed by atoms with Crippen molar-refractivity contribution in [2.75, 3.05) is 6.61 Å². The molecule has 0 spiro atoms. The topological polar surface area (TPSA) is 37.3 Å². The number of ketones is 1. The average molecular weight is 361 g/mol. The first-order valence-electron chi connectivity index (χ1n) is 10.6. The minimum atomic E-state index is -0.448. The summed E-state index contributed by atoms with van der Waals surface area (Å²) in [6.07, 6.45) is 9.94. The van der Waals surface area contributed by atoms with E-state index in [0.29, 0.717) is 35.9 Å². The van der Waals surface area contributed by atoms with Gasteiger partial charge in [0, 0.05) is 6.42 Å². The lowest BCUT2D eigenvalue weighted by atomic mass is 9.45. The lowest BCUT2D eigenvalue weighted by Crippen LogP contribution is -2.52. The van der Waals surface area contributed by atoms with Gasteiger partial charge in [0.15, 0.2) is 5.78 Å². The van der Waals surface area contributed by atoms with E-state index in [4.69, 9.17) is 0 Å². The molecule has 3 heteroatoms. The van der Waals surface area contributed by atoms with Crippen LogP contribution in [0.25, 0.3) is 0 Å². The van der Waals surface area contributed by atoms with Crippen LogP contribution >= 0.6 is 0 Å². The Morgan fingerprint density at radius 3 is 2.69 bits per heavy atom. The molecule has 3 fully saturated rings. The van der Waals surface area contributed by atoms with Crippen LogP contribution in [0.4, 0.5) is 4.39 Å². The second-order valence-corrected chi connectivity index (χ2v) is 9.68. The highest BCUT2D eigenvalue weighted by Gasteiger charge is 2.59. The van der Waals surface area contributed by atoms with Gasteiger partial charge in [0.25, 0.3) is 0 Å². The highest BCUT2D eigenvalue weighted by molar-refractivity contribution is 5.92. The number of halogens is 1. The predicted molar refractivity (Wildman–Crippen MR) is 101 cm³/mol. The van der Waals surface area contributed by atoms with Crippen molar-refractivity contribution in [2.24, 2.45) is 34.5 Å². The Morgan fingerprint density at radius 2 is 2.00 bits per heavy atom. The maximum Gasteiger partial charge on any atom is 0.155 e. The summed E-state index contributed by atoms with van der Waals surface area (Å²) < 4.78 is 14.4. The molecular formula is C23H33FO2. The lowest BCUT2D eigenvalue weighted by Gasteiger charge is -2.59. The van der Waals surface area contributed by atoms with Gasteiger partial charge in [-0.05, 0) is 84.7 Å². The van der Waals surface area contributed by atoms with Crippen LogP contribution in [0.3, 0.4) is 0 Å². The first kappa shape index (κ1) is 18.4. The summed E-state index contributed by atoms with van der Waals surface area (Å²) >= 11 is 0. The van der Waals surface area contributed by atoms with Gasteiger partial charge in [-0.3, -0.25) is 4.79 Å². The number of aliphatic hydroxyl groups excluding tert-OH is 1. The number of rotatable bonds is 2. The molecule has 4 aliphatic carbocycles. The Hall–Kier alpha value is -0.960. The third-order valence-electron chi connectivity index (χ3n) is 9.02. The molecule has 4 aliphatic rings. The molecule has 6 atom stereocenters. The molecule has 0 aliphatic heterocycles. The first-order chi connectivity index (χ1) is 12.4. The molecule has 144 valence electrons. The highest BCUT2D eigenvalue weighted by Crippen LogP contribution is 2.68. The maximum atomic E-state index is 14.4. The fourth-order valence-electron chi connectivity index (χ4n) is 7.69. The van der Waals surface area contributed by atoms with E-state index in [1.54, 1.807) is 0 Å². The van der Waals surface area contributed by atoms with Gasteiger partial charge in [-0.2, -0.15) is 0 Å². The van der Waals surface area contributed by atoms with Gasteiger partial charge in [0.2, 0.25) is 0 Å². The van der Waals surface area contributed by atoms with Crippen molar-refractivity contribution in [3.8, 4) is 0 Å². The maximum absolute atomic E-state index is 14.4. The van der Waals surface area contributed by atoms with Gasteiger partial charge in [0.05, 0.1) is 6.61 Å². The lowest BCUT2D eigenvalue weighted by molar-refractivity contribution is -0.120. The van der Waals surface area contributed by atoms with Crippen molar-refractivity contribution in [3.05, 3.63) is 23.0 Å². The number of aliphatic hydroxyl groups is 1. The summed E-state index contributed by atoms with van der Waals surface area (Å²) in [6.45, 7) is 6.46. The minimum absolute atomic E-state index is 0.0717. The van der Waals surface area contributed by atoms with Crippen LogP contribution in [-0.4, -0.2) is 17.5 Å². The van der Waals surface area contributed by atoms with Crippen LogP contribution in [0.2, 0.25) is 0 Å². The average Bonchev–Trinajstić information content (AvgIpc) is 2.98. The molecule has 4 rings (SSSR count). The minimum Gasteiger partial charge on any atom is -0.389 e. The number of fused-ring (bicyclic) bond motifs is 5. The second-order valence-electron chi connectivity index (χ2n) is 9.68.